The van der Waals surface area contributed by atoms with Gasteiger partial charge in [-0.2, -0.15) is 0 Å². The molecule has 0 heterocycles. The fraction of sp³-hybridized carbons (Fsp3) is 0.455. The number of aryl methyl sites for hydroxylation is 1. The van der Waals surface area contributed by atoms with Crippen LogP contribution in [0.4, 0.5) is 0 Å². The summed E-state index contributed by atoms with van der Waals surface area (Å²) in [5.74, 6) is 8.40. The molecule has 0 nitrogen and oxygen atoms in total. The summed E-state index contributed by atoms with van der Waals surface area (Å²) < 4.78 is 0. The summed E-state index contributed by atoms with van der Waals surface area (Å²) >= 11 is 0. The molecule has 0 atom stereocenters. The van der Waals surface area contributed by atoms with Crippen LogP contribution < -0.4 is 0 Å². The molecule has 3 aromatic rings. The fourth-order valence-corrected chi connectivity index (χ4v) is 5.21. The molecule has 1 fully saturated rings. The van der Waals surface area contributed by atoms with E-state index in [0.717, 1.165) is 23.0 Å². The minimum Gasteiger partial charge on any atom is -0.0654 e. The molecule has 3 aromatic carbocycles. The zero-order chi connectivity index (χ0) is 22.9. The van der Waals surface area contributed by atoms with Crippen molar-refractivity contribution in [3.05, 3.63) is 82.9 Å². The molecule has 0 aliphatic heterocycles. The van der Waals surface area contributed by atoms with E-state index in [-0.39, 0.29) is 0 Å². The highest BCUT2D eigenvalue weighted by molar-refractivity contribution is 5.84. The van der Waals surface area contributed by atoms with Gasteiger partial charge in [-0.3, -0.25) is 0 Å². The van der Waals surface area contributed by atoms with E-state index in [1.165, 1.54) is 92.5 Å². The highest BCUT2D eigenvalue weighted by Gasteiger charge is 2.19. The maximum absolute atomic E-state index is 3.38. The predicted octanol–water partition coefficient (Wildman–Crippen LogP) is 9.44. The molecule has 1 aliphatic rings. The Morgan fingerprint density at radius 2 is 1.30 bits per heavy atom. The van der Waals surface area contributed by atoms with Crippen molar-refractivity contribution >= 4 is 10.8 Å². The summed E-state index contributed by atoms with van der Waals surface area (Å²) in [6.07, 6.45) is 14.7. The average Bonchev–Trinajstić information content (AvgIpc) is 2.85. The topological polar surface area (TPSA) is 0 Å². The largest absolute Gasteiger partial charge is 0.0654 e. The van der Waals surface area contributed by atoms with Crippen LogP contribution in [0, 0.1) is 17.8 Å². The summed E-state index contributed by atoms with van der Waals surface area (Å²) in [6, 6.07) is 22.6. The molecular formula is C33H40. The predicted molar refractivity (Wildman–Crippen MR) is 144 cm³/mol. The van der Waals surface area contributed by atoms with E-state index in [0.29, 0.717) is 0 Å². The minimum absolute atomic E-state index is 0.745. The quantitative estimate of drug-likeness (QED) is 0.244. The van der Waals surface area contributed by atoms with Crippen molar-refractivity contribution in [3.8, 4) is 11.8 Å². The summed E-state index contributed by atoms with van der Waals surface area (Å²) in [4.78, 5) is 0. The van der Waals surface area contributed by atoms with Crippen LogP contribution >= 0.6 is 0 Å². The van der Waals surface area contributed by atoms with Crippen molar-refractivity contribution in [2.45, 2.75) is 90.4 Å². The van der Waals surface area contributed by atoms with E-state index < -0.39 is 0 Å². The van der Waals surface area contributed by atoms with Crippen LogP contribution in [0.25, 0.3) is 10.8 Å². The lowest BCUT2D eigenvalue weighted by atomic mass is 9.79. The molecule has 4 rings (SSSR count). The summed E-state index contributed by atoms with van der Waals surface area (Å²) in [7, 11) is 0. The number of hydrogen-bond acceptors (Lipinski definition) is 0. The summed E-state index contributed by atoms with van der Waals surface area (Å²) in [6.45, 7) is 4.67. The number of benzene rings is 3. The standard InChI is InChI=1S/C33H40/c1-3-4-5-6-7-8-9-28-16-22-33-25-29(17-23-32(33)24-28)13-12-27-14-20-31(21-15-27)30-18-10-26(2)11-19-30/h14-17,20-26,30H,3-11,18-19H2,1-2H3/t26-,30-. The Labute approximate surface area is 201 Å². The maximum atomic E-state index is 3.38. The minimum atomic E-state index is 0.745. The van der Waals surface area contributed by atoms with E-state index >= 15 is 0 Å². The Bertz CT molecular complexity index is 1070. The fourth-order valence-electron chi connectivity index (χ4n) is 5.21. The zero-order valence-electron chi connectivity index (χ0n) is 20.7. The number of unbranched alkanes of at least 4 members (excludes halogenated alkanes) is 5. The van der Waals surface area contributed by atoms with Gasteiger partial charge in [0, 0.05) is 11.1 Å². The Morgan fingerprint density at radius 1 is 0.667 bits per heavy atom. The molecule has 0 aromatic heterocycles. The molecule has 33 heavy (non-hydrogen) atoms. The van der Waals surface area contributed by atoms with Gasteiger partial charge < -0.3 is 0 Å². The Kier molecular flexibility index (Phi) is 8.65. The van der Waals surface area contributed by atoms with Gasteiger partial charge in [-0.25, -0.2) is 0 Å². The second-order valence-corrected chi connectivity index (χ2v) is 10.2. The summed E-state index contributed by atoms with van der Waals surface area (Å²) in [5.41, 5.74) is 5.16. The lowest BCUT2D eigenvalue weighted by Crippen LogP contribution is -2.10. The first-order valence-corrected chi connectivity index (χ1v) is 13.4. The van der Waals surface area contributed by atoms with Crippen LogP contribution in [0.15, 0.2) is 60.7 Å². The molecule has 0 unspecified atom stereocenters. The van der Waals surface area contributed by atoms with Crippen LogP contribution in [0.5, 0.6) is 0 Å². The van der Waals surface area contributed by atoms with Gasteiger partial charge in [0.15, 0.2) is 0 Å². The van der Waals surface area contributed by atoms with Gasteiger partial charge in [-0.05, 0) is 83.7 Å². The van der Waals surface area contributed by atoms with E-state index in [1.54, 1.807) is 0 Å². The van der Waals surface area contributed by atoms with Gasteiger partial charge in [0.1, 0.15) is 0 Å². The van der Waals surface area contributed by atoms with Gasteiger partial charge in [0.2, 0.25) is 0 Å². The van der Waals surface area contributed by atoms with E-state index in [2.05, 4.69) is 86.4 Å². The number of rotatable bonds is 8. The Hall–Kier alpha value is -2.52. The van der Waals surface area contributed by atoms with Crippen LogP contribution in [0.2, 0.25) is 0 Å². The molecule has 0 N–H and O–H groups in total. The first-order valence-electron chi connectivity index (χ1n) is 13.4. The summed E-state index contributed by atoms with van der Waals surface area (Å²) in [5, 5.41) is 2.62. The monoisotopic (exact) mass is 436 g/mol. The van der Waals surface area contributed by atoms with Crippen LogP contribution in [-0.4, -0.2) is 0 Å². The first kappa shape index (κ1) is 23.6. The highest BCUT2D eigenvalue weighted by atomic mass is 14.2. The van der Waals surface area contributed by atoms with E-state index in [1.807, 2.05) is 0 Å². The van der Waals surface area contributed by atoms with Crippen molar-refractivity contribution in [1.82, 2.24) is 0 Å². The van der Waals surface area contributed by atoms with Crippen LogP contribution in [0.1, 0.15) is 106 Å². The lowest BCUT2D eigenvalue weighted by molar-refractivity contribution is 0.348. The average molecular weight is 437 g/mol. The van der Waals surface area contributed by atoms with E-state index in [4.69, 9.17) is 0 Å². The molecule has 1 aliphatic carbocycles. The zero-order valence-corrected chi connectivity index (χ0v) is 20.7. The Morgan fingerprint density at radius 3 is 2.09 bits per heavy atom. The molecule has 0 bridgehead atoms. The molecule has 0 amide bonds. The number of fused-ring (bicyclic) bond motifs is 1. The van der Waals surface area contributed by atoms with Crippen LogP contribution in [-0.2, 0) is 6.42 Å². The molecule has 0 saturated heterocycles. The molecule has 172 valence electrons. The second-order valence-electron chi connectivity index (χ2n) is 10.2. The Balaban J connectivity index is 1.34. The smallest absolute Gasteiger partial charge is 0.0255 e. The van der Waals surface area contributed by atoms with Gasteiger partial charge in [0.25, 0.3) is 0 Å². The van der Waals surface area contributed by atoms with Crippen molar-refractivity contribution in [3.63, 3.8) is 0 Å². The first-order chi connectivity index (χ1) is 16.2. The van der Waals surface area contributed by atoms with Crippen molar-refractivity contribution in [2.24, 2.45) is 5.92 Å². The van der Waals surface area contributed by atoms with Gasteiger partial charge in [-0.15, -0.1) is 0 Å². The lowest BCUT2D eigenvalue weighted by Gasteiger charge is -2.26. The highest BCUT2D eigenvalue weighted by Crippen LogP contribution is 2.35. The third-order valence-corrected chi connectivity index (χ3v) is 7.47. The number of hydrogen-bond donors (Lipinski definition) is 0. The van der Waals surface area contributed by atoms with Crippen molar-refractivity contribution in [2.75, 3.05) is 0 Å². The molecular weight excluding hydrogens is 396 g/mol. The third-order valence-electron chi connectivity index (χ3n) is 7.47. The van der Waals surface area contributed by atoms with Crippen molar-refractivity contribution in [1.29, 1.82) is 0 Å². The SMILES string of the molecule is CCCCCCCCc1ccc2cc(C#Cc3ccc([C@H]4CC[C@H](C)CC4)cc3)ccc2c1. The van der Waals surface area contributed by atoms with Crippen LogP contribution in [0.3, 0.4) is 0 Å². The molecule has 0 spiro atoms. The molecule has 0 heteroatoms. The van der Waals surface area contributed by atoms with Gasteiger partial charge in [0.05, 0.1) is 0 Å². The van der Waals surface area contributed by atoms with Gasteiger partial charge in [-0.1, -0.05) is 107 Å². The maximum Gasteiger partial charge on any atom is 0.0255 e. The van der Waals surface area contributed by atoms with E-state index in [9.17, 15) is 0 Å². The molecule has 0 radical (unpaired) electrons. The van der Waals surface area contributed by atoms with Crippen molar-refractivity contribution < 1.29 is 0 Å². The second kappa shape index (κ2) is 12.1. The van der Waals surface area contributed by atoms with Gasteiger partial charge >= 0.3 is 0 Å². The third kappa shape index (κ3) is 6.98. The molecule has 1 saturated carbocycles. The normalized spacial score (nSPS) is 18.1.